The molecule has 0 spiro atoms. The van der Waals surface area contributed by atoms with Crippen LogP contribution in [0, 0.1) is 11.3 Å². The molecular weight excluding hydrogens is 462 g/mol. The maximum absolute atomic E-state index is 13.3. The van der Waals surface area contributed by atoms with Gasteiger partial charge in [0.25, 0.3) is 0 Å². The third kappa shape index (κ3) is 5.58. The van der Waals surface area contributed by atoms with Gasteiger partial charge in [-0.15, -0.1) is 0 Å². The summed E-state index contributed by atoms with van der Waals surface area (Å²) in [5.41, 5.74) is 1.82. The summed E-state index contributed by atoms with van der Waals surface area (Å²) in [5.74, 6) is 1.35. The number of rotatable bonds is 7. The SMILES string of the molecule is CCCS(=O)(=O)c1ccc(NC(=O)N2C[C@@H]3CN(c4ccc(OCC)cc4)[C@H](C2)C(C)(C)C3)cc1. The predicted molar refractivity (Wildman–Crippen MR) is 140 cm³/mol. The van der Waals surface area contributed by atoms with Crippen molar-refractivity contribution in [1.82, 2.24) is 4.90 Å². The zero-order chi connectivity index (χ0) is 25.2. The minimum Gasteiger partial charge on any atom is -0.494 e. The lowest BCUT2D eigenvalue weighted by Crippen LogP contribution is -2.54. The largest absolute Gasteiger partial charge is 0.494 e. The Kier molecular flexibility index (Phi) is 7.31. The van der Waals surface area contributed by atoms with Crippen molar-refractivity contribution < 1.29 is 17.9 Å². The molecule has 3 fully saturated rings. The molecule has 8 heteroatoms. The normalized spacial score (nSPS) is 21.5. The van der Waals surface area contributed by atoms with Crippen LogP contribution in [0.15, 0.2) is 53.4 Å². The van der Waals surface area contributed by atoms with Crippen LogP contribution >= 0.6 is 0 Å². The number of piperidine rings is 1. The molecule has 190 valence electrons. The van der Waals surface area contributed by atoms with Crippen LogP contribution in [0.25, 0.3) is 0 Å². The molecule has 0 aliphatic carbocycles. The van der Waals surface area contributed by atoms with E-state index in [4.69, 9.17) is 4.74 Å². The topological polar surface area (TPSA) is 79.0 Å². The smallest absolute Gasteiger partial charge is 0.321 e. The molecule has 3 heterocycles. The van der Waals surface area contributed by atoms with Gasteiger partial charge in [-0.05, 0) is 79.6 Å². The van der Waals surface area contributed by atoms with Crippen LogP contribution in [-0.2, 0) is 9.84 Å². The second-order valence-electron chi connectivity index (χ2n) is 10.3. The Hall–Kier alpha value is -2.74. The molecule has 35 heavy (non-hydrogen) atoms. The van der Waals surface area contributed by atoms with Gasteiger partial charge in [0.1, 0.15) is 5.75 Å². The van der Waals surface area contributed by atoms with Crippen molar-refractivity contribution in [1.29, 1.82) is 0 Å². The maximum Gasteiger partial charge on any atom is 0.321 e. The molecule has 2 atom stereocenters. The maximum atomic E-state index is 13.3. The van der Waals surface area contributed by atoms with E-state index in [-0.39, 0.29) is 28.1 Å². The summed E-state index contributed by atoms with van der Waals surface area (Å²) in [6.45, 7) is 11.3. The van der Waals surface area contributed by atoms with E-state index in [1.807, 2.05) is 30.9 Å². The van der Waals surface area contributed by atoms with E-state index in [2.05, 4.69) is 36.2 Å². The molecule has 1 N–H and O–H groups in total. The number of hydrogen-bond acceptors (Lipinski definition) is 5. The minimum absolute atomic E-state index is 0.0613. The van der Waals surface area contributed by atoms with Gasteiger partial charge < -0.3 is 19.9 Å². The van der Waals surface area contributed by atoms with Gasteiger partial charge in [0, 0.05) is 31.0 Å². The fraction of sp³-hybridized carbons (Fsp3) is 0.519. The van der Waals surface area contributed by atoms with E-state index in [1.54, 1.807) is 24.3 Å². The number of hydrogen-bond donors (Lipinski definition) is 1. The van der Waals surface area contributed by atoms with E-state index in [9.17, 15) is 13.2 Å². The van der Waals surface area contributed by atoms with Crippen LogP contribution in [0.5, 0.6) is 5.75 Å². The van der Waals surface area contributed by atoms with E-state index in [0.717, 1.165) is 24.4 Å². The van der Waals surface area contributed by atoms with Crippen LogP contribution < -0.4 is 15.0 Å². The molecule has 3 aliphatic rings. The first-order chi connectivity index (χ1) is 16.6. The molecule has 0 aromatic heterocycles. The lowest BCUT2D eigenvalue weighted by Gasteiger charge is -2.48. The average molecular weight is 500 g/mol. The number of nitrogens with zero attached hydrogens (tertiary/aromatic N) is 2. The fourth-order valence-electron chi connectivity index (χ4n) is 5.52. The molecule has 2 aromatic carbocycles. The van der Waals surface area contributed by atoms with Gasteiger partial charge in [0.2, 0.25) is 0 Å². The molecule has 3 saturated heterocycles. The Bertz CT molecular complexity index is 1130. The minimum atomic E-state index is -3.28. The second kappa shape index (κ2) is 10.1. The van der Waals surface area contributed by atoms with Gasteiger partial charge in [-0.1, -0.05) is 20.8 Å². The molecule has 3 aliphatic heterocycles. The van der Waals surface area contributed by atoms with Gasteiger partial charge in [0.15, 0.2) is 9.84 Å². The third-order valence-electron chi connectivity index (χ3n) is 7.12. The molecule has 0 unspecified atom stereocenters. The molecule has 0 saturated carbocycles. The van der Waals surface area contributed by atoms with Crippen molar-refractivity contribution in [3.8, 4) is 5.75 Å². The number of urea groups is 1. The highest BCUT2D eigenvalue weighted by atomic mass is 32.2. The second-order valence-corrected chi connectivity index (χ2v) is 12.4. The summed E-state index contributed by atoms with van der Waals surface area (Å²) in [4.78, 5) is 17.9. The van der Waals surface area contributed by atoms with Crippen LogP contribution in [0.2, 0.25) is 0 Å². The van der Waals surface area contributed by atoms with Crippen LogP contribution in [-0.4, -0.2) is 57.4 Å². The number of anilines is 2. The van der Waals surface area contributed by atoms with Crippen molar-refractivity contribution in [3.05, 3.63) is 48.5 Å². The van der Waals surface area contributed by atoms with Gasteiger partial charge in [-0.2, -0.15) is 0 Å². The number of amides is 2. The number of carbonyl (C=O) groups is 1. The summed E-state index contributed by atoms with van der Waals surface area (Å²) >= 11 is 0. The third-order valence-corrected chi connectivity index (χ3v) is 9.06. The summed E-state index contributed by atoms with van der Waals surface area (Å²) in [6.07, 6.45) is 1.64. The molecule has 2 aromatic rings. The zero-order valence-corrected chi connectivity index (χ0v) is 22.0. The highest BCUT2D eigenvalue weighted by Gasteiger charge is 2.46. The lowest BCUT2D eigenvalue weighted by atomic mass is 9.73. The predicted octanol–water partition coefficient (Wildman–Crippen LogP) is 5.04. The standard InChI is InChI=1S/C27H37N3O4S/c1-5-15-35(32,33)24-13-7-21(8-14-24)28-26(31)29-17-20-16-27(3,4)25(19-29)30(18-20)22-9-11-23(12-10-22)34-6-2/h7-14,20,25H,5-6,15-19H2,1-4H3,(H,28,31)/t20-,25-/m1/s1. The van der Waals surface area contributed by atoms with Gasteiger partial charge >= 0.3 is 6.03 Å². The van der Waals surface area contributed by atoms with Crippen molar-refractivity contribution in [3.63, 3.8) is 0 Å². The van der Waals surface area contributed by atoms with Crippen LogP contribution in [0.4, 0.5) is 16.2 Å². The van der Waals surface area contributed by atoms with Gasteiger partial charge in [-0.3, -0.25) is 0 Å². The van der Waals surface area contributed by atoms with Gasteiger partial charge in [0.05, 0.1) is 23.3 Å². The molecule has 7 nitrogen and oxygen atoms in total. The van der Waals surface area contributed by atoms with Crippen molar-refractivity contribution in [2.24, 2.45) is 11.3 Å². The van der Waals surface area contributed by atoms with Crippen molar-refractivity contribution in [2.75, 3.05) is 42.2 Å². The first-order valence-corrected chi connectivity index (χ1v) is 14.2. The average Bonchev–Trinajstić information content (AvgIpc) is 3.07. The summed E-state index contributed by atoms with van der Waals surface area (Å²) in [5, 5.41) is 2.98. The number of carbonyl (C=O) groups excluding carboxylic acids is 1. The Labute approximate surface area is 209 Å². The molecule has 5 rings (SSSR count). The van der Waals surface area contributed by atoms with Crippen LogP contribution in [0.1, 0.15) is 40.5 Å². The van der Waals surface area contributed by atoms with Crippen molar-refractivity contribution in [2.45, 2.75) is 51.5 Å². The number of nitrogens with one attached hydrogen (secondary N) is 1. The Morgan fingerprint density at radius 2 is 1.71 bits per heavy atom. The highest BCUT2D eigenvalue weighted by Crippen LogP contribution is 2.43. The van der Waals surface area contributed by atoms with Gasteiger partial charge in [-0.25, -0.2) is 13.2 Å². The highest BCUT2D eigenvalue weighted by molar-refractivity contribution is 7.91. The fourth-order valence-corrected chi connectivity index (χ4v) is 6.85. The summed E-state index contributed by atoms with van der Waals surface area (Å²) < 4.78 is 30.2. The summed E-state index contributed by atoms with van der Waals surface area (Å²) in [6, 6.07) is 14.8. The van der Waals surface area contributed by atoms with E-state index < -0.39 is 9.84 Å². The number of benzene rings is 2. The van der Waals surface area contributed by atoms with Crippen molar-refractivity contribution >= 4 is 27.2 Å². The quantitative estimate of drug-likeness (QED) is 0.578. The Balaban J connectivity index is 1.49. The molecule has 2 amide bonds. The summed E-state index contributed by atoms with van der Waals surface area (Å²) in [7, 11) is -3.28. The molecule has 0 radical (unpaired) electrons. The molecular formula is C27H37N3O4S. The molecule has 2 bridgehead atoms. The number of fused-ring (bicyclic) bond motifs is 4. The van der Waals surface area contributed by atoms with E-state index in [1.165, 1.54) is 0 Å². The zero-order valence-electron chi connectivity index (χ0n) is 21.2. The first-order valence-electron chi connectivity index (χ1n) is 12.5. The van der Waals surface area contributed by atoms with Crippen LogP contribution in [0.3, 0.4) is 0 Å². The number of ether oxygens (including phenoxy) is 1. The first kappa shape index (κ1) is 25.4. The monoisotopic (exact) mass is 499 g/mol. The van der Waals surface area contributed by atoms with E-state index >= 15 is 0 Å². The Morgan fingerprint density at radius 3 is 2.34 bits per heavy atom. The lowest BCUT2D eigenvalue weighted by molar-refractivity contribution is 0.190. The van der Waals surface area contributed by atoms with E-state index in [0.29, 0.717) is 37.7 Å². The number of sulfone groups is 1. The Morgan fingerprint density at radius 1 is 1.03 bits per heavy atom.